The van der Waals surface area contributed by atoms with E-state index < -0.39 is 0 Å². The Labute approximate surface area is 75.3 Å². The standard InChI is InChI=1S/C9H11BrO/c1-2-5-9(10)6-3-8(11)4-7-9/h3-4,6-7H,2,5H2,1H3. The molecular weight excluding hydrogens is 204 g/mol. The van der Waals surface area contributed by atoms with Crippen molar-refractivity contribution in [1.82, 2.24) is 0 Å². The summed E-state index contributed by atoms with van der Waals surface area (Å²) >= 11 is 3.56. The molecular formula is C9H11BrO. The number of carbonyl (C=O) groups is 1. The Balaban J connectivity index is 2.68. The van der Waals surface area contributed by atoms with Crippen LogP contribution >= 0.6 is 15.9 Å². The molecule has 2 heteroatoms. The first-order chi connectivity index (χ1) is 5.16. The summed E-state index contributed by atoms with van der Waals surface area (Å²) in [6, 6.07) is 0. The Morgan fingerprint density at radius 3 is 2.45 bits per heavy atom. The van der Waals surface area contributed by atoms with Crippen LogP contribution in [0.5, 0.6) is 0 Å². The van der Waals surface area contributed by atoms with Crippen LogP contribution in [0.15, 0.2) is 24.3 Å². The lowest BCUT2D eigenvalue weighted by Gasteiger charge is -2.20. The molecule has 0 atom stereocenters. The molecule has 0 aromatic carbocycles. The third-order valence-corrected chi connectivity index (χ3v) is 2.61. The van der Waals surface area contributed by atoms with Gasteiger partial charge in [0.2, 0.25) is 0 Å². The Bertz CT molecular complexity index is 200. The largest absolute Gasteiger partial charge is 0.290 e. The number of halogens is 1. The SMILES string of the molecule is CCCC1(Br)C=CC(=O)C=C1. The zero-order chi connectivity index (χ0) is 8.32. The van der Waals surface area contributed by atoms with Gasteiger partial charge in [0.15, 0.2) is 5.78 Å². The van der Waals surface area contributed by atoms with Gasteiger partial charge in [0, 0.05) is 0 Å². The minimum atomic E-state index is -0.0599. The number of rotatable bonds is 2. The van der Waals surface area contributed by atoms with Crippen molar-refractivity contribution in [1.29, 1.82) is 0 Å². The highest BCUT2D eigenvalue weighted by molar-refractivity contribution is 9.10. The molecule has 11 heavy (non-hydrogen) atoms. The summed E-state index contributed by atoms with van der Waals surface area (Å²) in [4.78, 5) is 10.8. The van der Waals surface area contributed by atoms with Crippen molar-refractivity contribution >= 4 is 21.7 Å². The molecule has 60 valence electrons. The highest BCUT2D eigenvalue weighted by Gasteiger charge is 2.21. The second-order valence-electron chi connectivity index (χ2n) is 2.75. The maximum Gasteiger partial charge on any atom is 0.178 e. The van der Waals surface area contributed by atoms with Crippen LogP contribution in [0.25, 0.3) is 0 Å². The molecule has 0 aromatic heterocycles. The van der Waals surface area contributed by atoms with Gasteiger partial charge in [-0.25, -0.2) is 0 Å². The van der Waals surface area contributed by atoms with E-state index in [0.29, 0.717) is 0 Å². The van der Waals surface area contributed by atoms with Crippen LogP contribution in [0.1, 0.15) is 19.8 Å². The lowest BCUT2D eigenvalue weighted by Crippen LogP contribution is -2.17. The van der Waals surface area contributed by atoms with Crippen molar-refractivity contribution in [2.24, 2.45) is 0 Å². The molecule has 0 aliphatic heterocycles. The molecule has 1 aliphatic carbocycles. The summed E-state index contributed by atoms with van der Waals surface area (Å²) in [6.45, 7) is 2.13. The zero-order valence-electron chi connectivity index (χ0n) is 6.51. The second-order valence-corrected chi connectivity index (χ2v) is 4.22. The Morgan fingerprint density at radius 1 is 1.45 bits per heavy atom. The molecule has 1 rings (SSSR count). The molecule has 0 unspecified atom stereocenters. The first-order valence-electron chi connectivity index (χ1n) is 3.78. The average molecular weight is 215 g/mol. The zero-order valence-corrected chi connectivity index (χ0v) is 8.10. The molecule has 0 fully saturated rings. The summed E-state index contributed by atoms with van der Waals surface area (Å²) in [5.41, 5.74) is 0. The van der Waals surface area contributed by atoms with E-state index in [-0.39, 0.29) is 10.1 Å². The molecule has 1 nitrogen and oxygen atoms in total. The first-order valence-corrected chi connectivity index (χ1v) is 4.57. The predicted octanol–water partition coefficient (Wildman–Crippen LogP) is 2.62. The van der Waals surface area contributed by atoms with Gasteiger partial charge in [-0.3, -0.25) is 4.79 Å². The molecule has 0 amide bonds. The van der Waals surface area contributed by atoms with Crippen LogP contribution in [0.3, 0.4) is 0 Å². The molecule has 0 spiro atoms. The maximum atomic E-state index is 10.8. The summed E-state index contributed by atoms with van der Waals surface area (Å²) in [5.74, 6) is 0.0798. The average Bonchev–Trinajstić information content (AvgIpc) is 1.97. The topological polar surface area (TPSA) is 17.1 Å². The van der Waals surface area contributed by atoms with Gasteiger partial charge in [-0.2, -0.15) is 0 Å². The van der Waals surface area contributed by atoms with Crippen molar-refractivity contribution in [2.75, 3.05) is 0 Å². The van der Waals surface area contributed by atoms with E-state index in [9.17, 15) is 4.79 Å². The Morgan fingerprint density at radius 2 is 2.00 bits per heavy atom. The van der Waals surface area contributed by atoms with E-state index in [0.717, 1.165) is 12.8 Å². The van der Waals surface area contributed by atoms with Gasteiger partial charge in [0.1, 0.15) is 0 Å². The number of ketones is 1. The predicted molar refractivity (Wildman–Crippen MR) is 49.9 cm³/mol. The summed E-state index contributed by atoms with van der Waals surface area (Å²) < 4.78 is -0.0599. The lowest BCUT2D eigenvalue weighted by atomic mass is 9.98. The first kappa shape index (κ1) is 8.72. The van der Waals surface area contributed by atoms with Crippen LogP contribution in [0, 0.1) is 0 Å². The van der Waals surface area contributed by atoms with Crippen molar-refractivity contribution in [3.05, 3.63) is 24.3 Å². The van der Waals surface area contributed by atoms with Gasteiger partial charge < -0.3 is 0 Å². The van der Waals surface area contributed by atoms with Gasteiger partial charge >= 0.3 is 0 Å². The van der Waals surface area contributed by atoms with E-state index in [1.807, 2.05) is 12.2 Å². The molecule has 0 radical (unpaired) electrons. The third-order valence-electron chi connectivity index (χ3n) is 1.68. The number of hydrogen-bond acceptors (Lipinski definition) is 1. The fraction of sp³-hybridized carbons (Fsp3) is 0.444. The van der Waals surface area contributed by atoms with Crippen molar-refractivity contribution in [3.63, 3.8) is 0 Å². The second kappa shape index (κ2) is 3.35. The van der Waals surface area contributed by atoms with E-state index >= 15 is 0 Å². The number of hydrogen-bond donors (Lipinski definition) is 0. The van der Waals surface area contributed by atoms with E-state index in [4.69, 9.17) is 0 Å². The quantitative estimate of drug-likeness (QED) is 0.647. The smallest absolute Gasteiger partial charge is 0.178 e. The number of allylic oxidation sites excluding steroid dienone is 4. The molecule has 0 N–H and O–H groups in total. The Kier molecular flexibility index (Phi) is 2.66. The third kappa shape index (κ3) is 2.29. The summed E-state index contributed by atoms with van der Waals surface area (Å²) in [5, 5.41) is 0. The van der Waals surface area contributed by atoms with Crippen LogP contribution in [0.4, 0.5) is 0 Å². The minimum absolute atomic E-state index is 0.0599. The van der Waals surface area contributed by atoms with Gasteiger partial charge in [-0.1, -0.05) is 41.4 Å². The fourth-order valence-electron chi connectivity index (χ4n) is 1.10. The lowest BCUT2D eigenvalue weighted by molar-refractivity contribution is -0.110. The van der Waals surface area contributed by atoms with Crippen LogP contribution in [-0.4, -0.2) is 10.1 Å². The van der Waals surface area contributed by atoms with Crippen molar-refractivity contribution < 1.29 is 4.79 Å². The highest BCUT2D eigenvalue weighted by Crippen LogP contribution is 2.29. The van der Waals surface area contributed by atoms with E-state index in [1.165, 1.54) is 0 Å². The monoisotopic (exact) mass is 214 g/mol. The maximum absolute atomic E-state index is 10.8. The Hall–Kier alpha value is -0.370. The van der Waals surface area contributed by atoms with Gasteiger partial charge in [-0.05, 0) is 18.6 Å². The number of carbonyl (C=O) groups excluding carboxylic acids is 1. The minimum Gasteiger partial charge on any atom is -0.290 e. The number of alkyl halides is 1. The molecule has 0 heterocycles. The van der Waals surface area contributed by atoms with Gasteiger partial charge in [-0.15, -0.1) is 0 Å². The highest BCUT2D eigenvalue weighted by atomic mass is 79.9. The van der Waals surface area contributed by atoms with E-state index in [2.05, 4.69) is 22.9 Å². The van der Waals surface area contributed by atoms with Gasteiger partial charge in [0.05, 0.1) is 4.32 Å². The fourth-order valence-corrected chi connectivity index (χ4v) is 1.76. The van der Waals surface area contributed by atoms with Crippen LogP contribution in [0.2, 0.25) is 0 Å². The van der Waals surface area contributed by atoms with Crippen LogP contribution < -0.4 is 0 Å². The summed E-state index contributed by atoms with van der Waals surface area (Å²) in [7, 11) is 0. The molecule has 0 aromatic rings. The van der Waals surface area contributed by atoms with Crippen molar-refractivity contribution in [2.45, 2.75) is 24.1 Å². The molecule has 0 saturated heterocycles. The molecule has 0 saturated carbocycles. The normalized spacial score (nSPS) is 20.7. The molecule has 0 bridgehead atoms. The van der Waals surface area contributed by atoms with E-state index in [1.54, 1.807) is 12.2 Å². The van der Waals surface area contributed by atoms with Crippen LogP contribution in [-0.2, 0) is 4.79 Å². The summed E-state index contributed by atoms with van der Waals surface area (Å²) in [6.07, 6.45) is 9.20. The van der Waals surface area contributed by atoms with Crippen molar-refractivity contribution in [3.8, 4) is 0 Å². The molecule has 1 aliphatic rings. The van der Waals surface area contributed by atoms with Gasteiger partial charge in [0.25, 0.3) is 0 Å².